The Bertz CT molecular complexity index is 624. The van der Waals surface area contributed by atoms with Gasteiger partial charge in [0, 0.05) is 11.4 Å². The summed E-state index contributed by atoms with van der Waals surface area (Å²) in [4.78, 5) is 15.5. The molecule has 0 saturated heterocycles. The first kappa shape index (κ1) is 14.1. The molecule has 1 heterocycles. The van der Waals surface area contributed by atoms with Crippen molar-refractivity contribution in [2.75, 3.05) is 5.32 Å². The second-order valence-electron chi connectivity index (χ2n) is 4.57. The molecule has 0 atom stereocenters. The maximum absolute atomic E-state index is 11.1. The van der Waals surface area contributed by atoms with E-state index in [1.807, 2.05) is 25.1 Å². The summed E-state index contributed by atoms with van der Waals surface area (Å²) >= 11 is 0. The van der Waals surface area contributed by atoms with Crippen LogP contribution in [0.4, 0.5) is 11.5 Å². The minimum Gasteiger partial charge on any atom is -0.478 e. The van der Waals surface area contributed by atoms with Gasteiger partial charge in [-0.25, -0.2) is 9.78 Å². The molecule has 2 aromatic rings. The number of carbonyl (C=O) groups is 1. The van der Waals surface area contributed by atoms with Crippen LogP contribution in [0.25, 0.3) is 0 Å². The number of anilines is 2. The summed E-state index contributed by atoms with van der Waals surface area (Å²) in [5.41, 5.74) is 3.16. The van der Waals surface area contributed by atoms with Gasteiger partial charge in [-0.15, -0.1) is 0 Å². The molecule has 0 unspecified atom stereocenters. The second kappa shape index (κ2) is 6.19. The number of aromatic carboxylic acids is 1. The Kier molecular flexibility index (Phi) is 4.35. The van der Waals surface area contributed by atoms with Crippen LogP contribution in [0, 0.1) is 0 Å². The molecule has 0 aliphatic heterocycles. The summed E-state index contributed by atoms with van der Waals surface area (Å²) in [5, 5.41) is 12.3. The number of aryl methyl sites for hydroxylation is 2. The van der Waals surface area contributed by atoms with E-state index in [0.717, 1.165) is 17.8 Å². The molecule has 1 aromatic heterocycles. The van der Waals surface area contributed by atoms with Gasteiger partial charge in [0.25, 0.3) is 0 Å². The molecule has 1 aromatic carbocycles. The first-order valence-corrected chi connectivity index (χ1v) is 6.72. The third kappa shape index (κ3) is 3.35. The van der Waals surface area contributed by atoms with Crippen molar-refractivity contribution in [1.82, 2.24) is 4.98 Å². The average molecular weight is 270 g/mol. The minimum atomic E-state index is -0.938. The standard InChI is InChI=1S/C16H18N2O2/c1-3-11-6-5-7-14(8-11)18-15-10-12(16(19)20)9-13(4-2)17-15/h5-10H,3-4H2,1-2H3,(H,17,18)(H,19,20). The molecule has 0 aliphatic rings. The molecule has 104 valence electrons. The van der Waals surface area contributed by atoms with E-state index in [2.05, 4.69) is 23.3 Å². The Morgan fingerprint density at radius 2 is 2.00 bits per heavy atom. The van der Waals surface area contributed by atoms with Crippen LogP contribution in [-0.4, -0.2) is 16.1 Å². The molecule has 20 heavy (non-hydrogen) atoms. The minimum absolute atomic E-state index is 0.256. The second-order valence-corrected chi connectivity index (χ2v) is 4.57. The van der Waals surface area contributed by atoms with Gasteiger partial charge in [-0.05, 0) is 42.7 Å². The van der Waals surface area contributed by atoms with Gasteiger partial charge >= 0.3 is 5.97 Å². The van der Waals surface area contributed by atoms with Crippen LogP contribution in [0.3, 0.4) is 0 Å². The number of carboxylic acids is 1. The molecule has 4 heteroatoms. The fraction of sp³-hybridized carbons (Fsp3) is 0.250. The van der Waals surface area contributed by atoms with E-state index in [-0.39, 0.29) is 5.56 Å². The molecule has 0 amide bonds. The number of rotatable bonds is 5. The van der Waals surface area contributed by atoms with Gasteiger partial charge in [0.1, 0.15) is 5.82 Å². The van der Waals surface area contributed by atoms with E-state index in [9.17, 15) is 4.79 Å². The zero-order valence-electron chi connectivity index (χ0n) is 11.7. The Morgan fingerprint density at radius 3 is 2.65 bits per heavy atom. The van der Waals surface area contributed by atoms with E-state index in [0.29, 0.717) is 12.2 Å². The molecule has 0 saturated carbocycles. The Hall–Kier alpha value is -2.36. The smallest absolute Gasteiger partial charge is 0.335 e. The van der Waals surface area contributed by atoms with Crippen LogP contribution >= 0.6 is 0 Å². The van der Waals surface area contributed by atoms with Gasteiger partial charge in [-0.2, -0.15) is 0 Å². The summed E-state index contributed by atoms with van der Waals surface area (Å²) in [5.74, 6) is -0.373. The van der Waals surface area contributed by atoms with Gasteiger partial charge in [0.15, 0.2) is 0 Å². The SMILES string of the molecule is CCc1cccc(Nc2cc(C(=O)O)cc(CC)n2)c1. The molecule has 0 aliphatic carbocycles. The molecule has 0 spiro atoms. The van der Waals surface area contributed by atoms with E-state index >= 15 is 0 Å². The normalized spacial score (nSPS) is 10.3. The third-order valence-electron chi connectivity index (χ3n) is 3.10. The number of aromatic nitrogens is 1. The maximum atomic E-state index is 11.1. The Morgan fingerprint density at radius 1 is 1.20 bits per heavy atom. The zero-order chi connectivity index (χ0) is 14.5. The Labute approximate surface area is 118 Å². The van der Waals surface area contributed by atoms with Gasteiger partial charge in [-0.3, -0.25) is 0 Å². The first-order valence-electron chi connectivity index (χ1n) is 6.72. The summed E-state index contributed by atoms with van der Waals surface area (Å²) in [6.07, 6.45) is 1.66. The summed E-state index contributed by atoms with van der Waals surface area (Å²) in [7, 11) is 0. The highest BCUT2D eigenvalue weighted by Gasteiger charge is 2.08. The van der Waals surface area contributed by atoms with Crippen molar-refractivity contribution in [1.29, 1.82) is 0 Å². The molecule has 0 radical (unpaired) electrons. The molecule has 2 rings (SSSR count). The van der Waals surface area contributed by atoms with Gasteiger partial charge in [-0.1, -0.05) is 26.0 Å². The highest BCUT2D eigenvalue weighted by molar-refractivity contribution is 5.88. The lowest BCUT2D eigenvalue weighted by Gasteiger charge is -2.09. The molecular weight excluding hydrogens is 252 g/mol. The van der Waals surface area contributed by atoms with Crippen LogP contribution in [-0.2, 0) is 12.8 Å². The number of pyridine rings is 1. The lowest BCUT2D eigenvalue weighted by molar-refractivity contribution is 0.0696. The largest absolute Gasteiger partial charge is 0.478 e. The number of hydrogen-bond acceptors (Lipinski definition) is 3. The van der Waals surface area contributed by atoms with E-state index in [1.54, 1.807) is 12.1 Å². The zero-order valence-corrected chi connectivity index (χ0v) is 11.7. The monoisotopic (exact) mass is 270 g/mol. The van der Waals surface area contributed by atoms with Crippen LogP contribution in [0.5, 0.6) is 0 Å². The van der Waals surface area contributed by atoms with Crippen molar-refractivity contribution in [2.45, 2.75) is 26.7 Å². The average Bonchev–Trinajstić information content (AvgIpc) is 2.47. The Balaban J connectivity index is 2.32. The van der Waals surface area contributed by atoms with Crippen LogP contribution in [0.1, 0.15) is 35.5 Å². The fourth-order valence-electron chi connectivity index (χ4n) is 1.97. The first-order chi connectivity index (χ1) is 9.62. The lowest BCUT2D eigenvalue weighted by atomic mass is 10.1. The summed E-state index contributed by atoms with van der Waals surface area (Å²) in [6, 6.07) is 11.2. The topological polar surface area (TPSA) is 62.2 Å². The number of nitrogens with one attached hydrogen (secondary N) is 1. The van der Waals surface area contributed by atoms with Crippen molar-refractivity contribution in [3.63, 3.8) is 0 Å². The summed E-state index contributed by atoms with van der Waals surface area (Å²) < 4.78 is 0. The van der Waals surface area contributed by atoms with Gasteiger partial charge < -0.3 is 10.4 Å². The van der Waals surface area contributed by atoms with Gasteiger partial charge in [0.2, 0.25) is 0 Å². The maximum Gasteiger partial charge on any atom is 0.335 e. The predicted octanol–water partition coefficient (Wildman–Crippen LogP) is 3.65. The van der Waals surface area contributed by atoms with Gasteiger partial charge in [0.05, 0.1) is 5.56 Å². The molecule has 0 bridgehead atoms. The van der Waals surface area contributed by atoms with Crippen LogP contribution < -0.4 is 5.32 Å². The predicted molar refractivity (Wildman–Crippen MR) is 79.7 cm³/mol. The van der Waals surface area contributed by atoms with Crippen LogP contribution in [0.15, 0.2) is 36.4 Å². The molecule has 0 fully saturated rings. The van der Waals surface area contributed by atoms with Crippen molar-refractivity contribution < 1.29 is 9.90 Å². The van der Waals surface area contributed by atoms with Crippen molar-refractivity contribution in [2.24, 2.45) is 0 Å². The van der Waals surface area contributed by atoms with Crippen molar-refractivity contribution in [3.05, 3.63) is 53.2 Å². The highest BCUT2D eigenvalue weighted by atomic mass is 16.4. The van der Waals surface area contributed by atoms with Crippen molar-refractivity contribution >= 4 is 17.5 Å². The fourth-order valence-corrected chi connectivity index (χ4v) is 1.97. The number of nitrogens with zero attached hydrogens (tertiary/aromatic N) is 1. The lowest BCUT2D eigenvalue weighted by Crippen LogP contribution is -2.03. The summed E-state index contributed by atoms with van der Waals surface area (Å²) in [6.45, 7) is 4.05. The molecule has 4 nitrogen and oxygen atoms in total. The molecular formula is C16H18N2O2. The quantitative estimate of drug-likeness (QED) is 0.870. The highest BCUT2D eigenvalue weighted by Crippen LogP contribution is 2.18. The van der Waals surface area contributed by atoms with E-state index < -0.39 is 5.97 Å². The van der Waals surface area contributed by atoms with E-state index in [4.69, 9.17) is 5.11 Å². The number of hydrogen-bond donors (Lipinski definition) is 2. The van der Waals surface area contributed by atoms with Crippen molar-refractivity contribution in [3.8, 4) is 0 Å². The molecule has 2 N–H and O–H groups in total. The number of carboxylic acid groups (broad SMARTS) is 1. The number of benzene rings is 1. The van der Waals surface area contributed by atoms with Crippen LogP contribution in [0.2, 0.25) is 0 Å². The third-order valence-corrected chi connectivity index (χ3v) is 3.10. The van der Waals surface area contributed by atoms with E-state index in [1.165, 1.54) is 5.56 Å².